The van der Waals surface area contributed by atoms with Crippen LogP contribution in [-0.2, 0) is 11.3 Å². The molecule has 0 heterocycles. The minimum absolute atomic E-state index is 0.0911. The molecule has 0 aliphatic rings. The van der Waals surface area contributed by atoms with Crippen molar-refractivity contribution < 1.29 is 9.53 Å². The number of methoxy groups -OCH3 is 1. The van der Waals surface area contributed by atoms with Crippen molar-refractivity contribution in [2.24, 2.45) is 0 Å². The Morgan fingerprint density at radius 3 is 2.38 bits per heavy atom. The van der Waals surface area contributed by atoms with Crippen LogP contribution in [0.5, 0.6) is 5.75 Å². The van der Waals surface area contributed by atoms with Crippen LogP contribution in [0.25, 0.3) is 0 Å². The largest absolute Gasteiger partial charge is 0.497 e. The summed E-state index contributed by atoms with van der Waals surface area (Å²) in [6, 6.07) is 17.5. The van der Waals surface area contributed by atoms with E-state index in [-0.39, 0.29) is 11.8 Å². The number of benzene rings is 2. The monoisotopic (exact) mass is 371 g/mol. The predicted molar refractivity (Wildman–Crippen MR) is 108 cm³/mol. The Balaban J connectivity index is 1.81. The first-order valence-corrected chi connectivity index (χ1v) is 9.06. The maximum absolute atomic E-state index is 12.5. The highest BCUT2D eigenvalue weighted by Crippen LogP contribution is 2.20. The lowest BCUT2D eigenvalue weighted by atomic mass is 9.94. The second-order valence-corrected chi connectivity index (χ2v) is 6.31. The molecular formula is C20H25N3O2S. The van der Waals surface area contributed by atoms with Crippen LogP contribution in [0, 0.1) is 0 Å². The Bertz CT molecular complexity index is 705. The van der Waals surface area contributed by atoms with Gasteiger partial charge in [0.25, 0.3) is 0 Å². The summed E-state index contributed by atoms with van der Waals surface area (Å²) >= 11 is 5.23. The van der Waals surface area contributed by atoms with E-state index in [0.717, 1.165) is 29.7 Å². The molecule has 1 amide bonds. The molecule has 5 nitrogen and oxygen atoms in total. The average Bonchev–Trinajstić information content (AvgIpc) is 2.69. The molecule has 0 saturated carbocycles. The fourth-order valence-corrected chi connectivity index (χ4v) is 2.72. The maximum atomic E-state index is 12.5. The summed E-state index contributed by atoms with van der Waals surface area (Å²) in [4.78, 5) is 12.5. The molecule has 26 heavy (non-hydrogen) atoms. The quantitative estimate of drug-likeness (QED) is 0.515. The molecule has 138 valence electrons. The number of nitrogens with one attached hydrogen (secondary N) is 3. The molecule has 6 heteroatoms. The molecule has 0 aliphatic carbocycles. The first-order valence-electron chi connectivity index (χ1n) is 8.65. The summed E-state index contributed by atoms with van der Waals surface area (Å²) in [5.41, 5.74) is 7.56. The van der Waals surface area contributed by atoms with E-state index in [9.17, 15) is 4.79 Å². The summed E-state index contributed by atoms with van der Waals surface area (Å²) < 4.78 is 5.13. The van der Waals surface area contributed by atoms with Gasteiger partial charge in [0.2, 0.25) is 5.91 Å². The highest BCUT2D eigenvalue weighted by Gasteiger charge is 2.19. The number of carbonyl (C=O) groups is 1. The highest BCUT2D eigenvalue weighted by molar-refractivity contribution is 7.80. The first kappa shape index (κ1) is 19.7. The van der Waals surface area contributed by atoms with Gasteiger partial charge in [0.15, 0.2) is 5.11 Å². The van der Waals surface area contributed by atoms with Crippen LogP contribution >= 0.6 is 12.2 Å². The van der Waals surface area contributed by atoms with E-state index in [1.807, 2.05) is 54.6 Å². The molecule has 0 fully saturated rings. The average molecular weight is 372 g/mol. The first-order chi connectivity index (χ1) is 12.6. The maximum Gasteiger partial charge on any atom is 0.245 e. The highest BCUT2D eigenvalue weighted by atomic mass is 32.1. The molecule has 0 radical (unpaired) electrons. The predicted octanol–water partition coefficient (Wildman–Crippen LogP) is 3.27. The number of ether oxygens (including phenoxy) is 1. The molecule has 2 rings (SSSR count). The number of carbonyl (C=O) groups excluding carboxylic acids is 1. The van der Waals surface area contributed by atoms with Crippen LogP contribution in [0.4, 0.5) is 0 Å². The van der Waals surface area contributed by atoms with Gasteiger partial charge in [0.1, 0.15) is 5.75 Å². The number of hydrogen-bond donors (Lipinski definition) is 3. The minimum Gasteiger partial charge on any atom is -0.497 e. The second-order valence-electron chi connectivity index (χ2n) is 5.90. The van der Waals surface area contributed by atoms with Gasteiger partial charge in [0, 0.05) is 6.54 Å². The fourth-order valence-electron chi connectivity index (χ4n) is 2.60. The van der Waals surface area contributed by atoms with E-state index in [1.54, 1.807) is 7.11 Å². The lowest BCUT2D eigenvalue weighted by Gasteiger charge is -2.18. The molecule has 2 aromatic carbocycles. The number of thiocarbonyl (C=S) groups is 1. The van der Waals surface area contributed by atoms with E-state index in [2.05, 4.69) is 23.1 Å². The lowest BCUT2D eigenvalue weighted by molar-refractivity contribution is -0.123. The van der Waals surface area contributed by atoms with Crippen molar-refractivity contribution in [1.29, 1.82) is 0 Å². The van der Waals surface area contributed by atoms with E-state index >= 15 is 0 Å². The SMILES string of the molecule is CCC[C@H](C(=O)NNC(=S)NCc1ccc(OC)cc1)c1ccccc1. The van der Waals surface area contributed by atoms with Crippen molar-refractivity contribution >= 4 is 23.2 Å². The standard InChI is InChI=1S/C20H25N3O2S/c1-3-7-18(16-8-5-4-6-9-16)19(24)22-23-20(26)21-14-15-10-12-17(25-2)13-11-15/h4-6,8-13,18H,3,7,14H2,1-2H3,(H,22,24)(H2,21,23,26)/t18-/m0/s1. The summed E-state index contributed by atoms with van der Waals surface area (Å²) in [5, 5.41) is 3.44. The van der Waals surface area contributed by atoms with E-state index in [0.29, 0.717) is 11.7 Å². The van der Waals surface area contributed by atoms with Crippen LogP contribution in [0.1, 0.15) is 36.8 Å². The van der Waals surface area contributed by atoms with E-state index in [4.69, 9.17) is 17.0 Å². The molecule has 0 aliphatic heterocycles. The van der Waals surface area contributed by atoms with E-state index < -0.39 is 0 Å². The van der Waals surface area contributed by atoms with Crippen molar-refractivity contribution in [2.75, 3.05) is 7.11 Å². The van der Waals surface area contributed by atoms with Gasteiger partial charge in [-0.3, -0.25) is 15.6 Å². The molecule has 3 N–H and O–H groups in total. The van der Waals surface area contributed by atoms with Gasteiger partial charge in [0.05, 0.1) is 13.0 Å². The number of amides is 1. The third kappa shape index (κ3) is 6.04. The third-order valence-electron chi connectivity index (χ3n) is 4.01. The Kier molecular flexibility index (Phi) is 7.89. The molecule has 1 atom stereocenters. The number of hydrogen-bond acceptors (Lipinski definition) is 3. The van der Waals surface area contributed by atoms with Gasteiger partial charge in [-0.05, 0) is 41.9 Å². The van der Waals surface area contributed by atoms with Gasteiger partial charge in [-0.15, -0.1) is 0 Å². The Hall–Kier alpha value is -2.60. The number of rotatable bonds is 7. The van der Waals surface area contributed by atoms with Gasteiger partial charge in [-0.2, -0.15) is 0 Å². The molecule has 2 aromatic rings. The van der Waals surface area contributed by atoms with Crippen molar-refractivity contribution in [3.05, 3.63) is 65.7 Å². The summed E-state index contributed by atoms with van der Waals surface area (Å²) in [7, 11) is 1.64. The van der Waals surface area contributed by atoms with Gasteiger partial charge in [-0.1, -0.05) is 55.8 Å². The topological polar surface area (TPSA) is 62.4 Å². The Morgan fingerprint density at radius 1 is 1.08 bits per heavy atom. The Labute approximate surface area is 160 Å². The molecule has 0 bridgehead atoms. The zero-order valence-electron chi connectivity index (χ0n) is 15.1. The summed E-state index contributed by atoms with van der Waals surface area (Å²) in [6.07, 6.45) is 1.71. The van der Waals surface area contributed by atoms with Crippen molar-refractivity contribution in [3.63, 3.8) is 0 Å². The molecule has 0 saturated heterocycles. The Morgan fingerprint density at radius 2 is 1.77 bits per heavy atom. The zero-order valence-corrected chi connectivity index (χ0v) is 15.9. The second kappa shape index (κ2) is 10.4. The van der Waals surface area contributed by atoms with Crippen molar-refractivity contribution in [1.82, 2.24) is 16.2 Å². The van der Waals surface area contributed by atoms with Crippen LogP contribution in [-0.4, -0.2) is 18.1 Å². The van der Waals surface area contributed by atoms with Gasteiger partial charge in [-0.25, -0.2) is 0 Å². The number of hydrazine groups is 1. The fraction of sp³-hybridized carbons (Fsp3) is 0.300. The lowest BCUT2D eigenvalue weighted by Crippen LogP contribution is -2.48. The van der Waals surface area contributed by atoms with Gasteiger partial charge >= 0.3 is 0 Å². The molecule has 0 unspecified atom stereocenters. The minimum atomic E-state index is -0.196. The van der Waals surface area contributed by atoms with Crippen LogP contribution < -0.4 is 20.9 Å². The third-order valence-corrected chi connectivity index (χ3v) is 4.25. The van der Waals surface area contributed by atoms with Crippen LogP contribution in [0.2, 0.25) is 0 Å². The van der Waals surface area contributed by atoms with Crippen LogP contribution in [0.3, 0.4) is 0 Å². The van der Waals surface area contributed by atoms with E-state index in [1.165, 1.54) is 0 Å². The molecular weight excluding hydrogens is 346 g/mol. The van der Waals surface area contributed by atoms with Crippen LogP contribution in [0.15, 0.2) is 54.6 Å². The van der Waals surface area contributed by atoms with Crippen molar-refractivity contribution in [3.8, 4) is 5.75 Å². The van der Waals surface area contributed by atoms with Gasteiger partial charge < -0.3 is 10.1 Å². The smallest absolute Gasteiger partial charge is 0.245 e. The van der Waals surface area contributed by atoms with Crippen molar-refractivity contribution in [2.45, 2.75) is 32.2 Å². The zero-order chi connectivity index (χ0) is 18.8. The molecule has 0 aromatic heterocycles. The molecule has 0 spiro atoms. The summed E-state index contributed by atoms with van der Waals surface area (Å²) in [5.74, 6) is 0.523. The normalized spacial score (nSPS) is 11.3. The summed E-state index contributed by atoms with van der Waals surface area (Å²) in [6.45, 7) is 2.63.